The molecule has 22 heavy (non-hydrogen) atoms. The van der Waals surface area contributed by atoms with Crippen molar-refractivity contribution in [3.05, 3.63) is 46.0 Å². The van der Waals surface area contributed by atoms with Crippen LogP contribution in [0.15, 0.2) is 29.8 Å². The van der Waals surface area contributed by atoms with Gasteiger partial charge in [0, 0.05) is 21.1 Å². The molecule has 2 atom stereocenters. The van der Waals surface area contributed by atoms with E-state index in [1.54, 1.807) is 0 Å². The molecule has 118 valence electrons. The van der Waals surface area contributed by atoms with E-state index in [9.17, 15) is 4.79 Å². The van der Waals surface area contributed by atoms with Crippen LogP contribution < -0.4 is 0 Å². The van der Waals surface area contributed by atoms with Crippen LogP contribution in [0.25, 0.3) is 0 Å². The van der Waals surface area contributed by atoms with Crippen LogP contribution in [0.2, 0.25) is 5.02 Å². The summed E-state index contributed by atoms with van der Waals surface area (Å²) >= 11 is 8.22. The number of benzene rings is 1. The molecule has 0 N–H and O–H groups in total. The van der Waals surface area contributed by atoms with Gasteiger partial charge in [0.05, 0.1) is 6.61 Å². The zero-order chi connectivity index (χ0) is 15.5. The van der Waals surface area contributed by atoms with Gasteiger partial charge >= 0.3 is 5.97 Å². The van der Waals surface area contributed by atoms with Gasteiger partial charge in [-0.05, 0) is 56.2 Å². The van der Waals surface area contributed by atoms with E-state index in [-0.39, 0.29) is 11.2 Å². The first kappa shape index (κ1) is 15.9. The van der Waals surface area contributed by atoms with Crippen molar-refractivity contribution in [2.75, 3.05) is 6.61 Å². The lowest BCUT2D eigenvalue weighted by Gasteiger charge is -2.25. The van der Waals surface area contributed by atoms with E-state index in [1.807, 2.05) is 30.8 Å². The maximum absolute atomic E-state index is 12.2. The number of fused-ring (bicyclic) bond motifs is 1. The minimum Gasteiger partial charge on any atom is -0.463 e. The molecule has 4 heteroatoms. The highest BCUT2D eigenvalue weighted by Crippen LogP contribution is 2.48. The highest BCUT2D eigenvalue weighted by molar-refractivity contribution is 8.00. The van der Waals surface area contributed by atoms with Crippen LogP contribution in [0, 0.1) is 0 Å². The number of hydrogen-bond acceptors (Lipinski definition) is 3. The van der Waals surface area contributed by atoms with Crippen LogP contribution >= 0.6 is 23.4 Å². The van der Waals surface area contributed by atoms with E-state index in [0.717, 1.165) is 42.7 Å². The van der Waals surface area contributed by atoms with Crippen molar-refractivity contribution >= 4 is 29.3 Å². The number of allylic oxidation sites excluding steroid dienone is 1. The first-order chi connectivity index (χ1) is 10.7. The van der Waals surface area contributed by atoms with Gasteiger partial charge in [0.1, 0.15) is 0 Å². The van der Waals surface area contributed by atoms with E-state index in [2.05, 4.69) is 12.1 Å². The fourth-order valence-electron chi connectivity index (χ4n) is 3.33. The Bertz CT molecular complexity index is 597. The maximum atomic E-state index is 12.2. The molecule has 0 aliphatic heterocycles. The van der Waals surface area contributed by atoms with Crippen molar-refractivity contribution in [3.63, 3.8) is 0 Å². The third-order valence-electron chi connectivity index (χ3n) is 4.38. The SMILES string of the molecule is CCOC(=O)C1=CCCCC1SC1CCc2c(Cl)cccc21. The lowest BCUT2D eigenvalue weighted by atomic mass is 9.99. The van der Waals surface area contributed by atoms with Gasteiger partial charge in [-0.3, -0.25) is 0 Å². The van der Waals surface area contributed by atoms with Gasteiger partial charge in [0.2, 0.25) is 0 Å². The predicted molar refractivity (Wildman–Crippen MR) is 92.5 cm³/mol. The standard InChI is InChI=1S/C18H21ClO2S/c1-2-21-18(20)14-6-3-4-9-16(14)22-17-11-10-12-13(17)7-5-8-15(12)19/h5-8,16-17H,2-4,9-11H2,1H3. The quantitative estimate of drug-likeness (QED) is 0.715. The average Bonchev–Trinajstić information content (AvgIpc) is 2.93. The summed E-state index contributed by atoms with van der Waals surface area (Å²) in [4.78, 5) is 12.2. The summed E-state index contributed by atoms with van der Waals surface area (Å²) in [5.41, 5.74) is 3.51. The highest BCUT2D eigenvalue weighted by atomic mass is 35.5. The number of thioether (sulfide) groups is 1. The lowest BCUT2D eigenvalue weighted by Crippen LogP contribution is -2.21. The van der Waals surface area contributed by atoms with Crippen LogP contribution in [0.3, 0.4) is 0 Å². The number of carbonyl (C=O) groups excluding carboxylic acids is 1. The molecule has 0 fully saturated rings. The lowest BCUT2D eigenvalue weighted by molar-refractivity contribution is -0.138. The molecular formula is C18H21ClO2S. The van der Waals surface area contributed by atoms with E-state index in [4.69, 9.17) is 16.3 Å². The largest absolute Gasteiger partial charge is 0.463 e. The molecule has 0 saturated carbocycles. The van der Waals surface area contributed by atoms with Crippen molar-refractivity contribution < 1.29 is 9.53 Å². The molecule has 0 radical (unpaired) electrons. The maximum Gasteiger partial charge on any atom is 0.334 e. The van der Waals surface area contributed by atoms with E-state index >= 15 is 0 Å². The zero-order valence-corrected chi connectivity index (χ0v) is 14.4. The Morgan fingerprint density at radius 2 is 2.23 bits per heavy atom. The second-order valence-electron chi connectivity index (χ2n) is 5.77. The summed E-state index contributed by atoms with van der Waals surface area (Å²) in [5, 5.41) is 1.57. The number of hydrogen-bond donors (Lipinski definition) is 0. The van der Waals surface area contributed by atoms with Gasteiger partial charge in [-0.15, -0.1) is 11.8 Å². The number of carbonyl (C=O) groups is 1. The predicted octanol–water partition coefficient (Wildman–Crippen LogP) is 5.10. The normalized spacial score (nSPS) is 23.8. The molecular weight excluding hydrogens is 316 g/mol. The second kappa shape index (κ2) is 7.10. The molecule has 1 aromatic carbocycles. The minimum absolute atomic E-state index is 0.135. The van der Waals surface area contributed by atoms with Crippen molar-refractivity contribution in [2.24, 2.45) is 0 Å². The Morgan fingerprint density at radius 1 is 1.36 bits per heavy atom. The molecule has 2 unspecified atom stereocenters. The molecule has 2 aliphatic rings. The fraction of sp³-hybridized carbons (Fsp3) is 0.500. The van der Waals surface area contributed by atoms with Crippen molar-refractivity contribution in [1.29, 1.82) is 0 Å². The molecule has 0 heterocycles. The molecule has 0 amide bonds. The Labute approximate surface area is 141 Å². The Hall–Kier alpha value is -0.930. The van der Waals surface area contributed by atoms with Gasteiger partial charge in [0.15, 0.2) is 0 Å². The summed E-state index contributed by atoms with van der Waals surface area (Å²) in [6.45, 7) is 2.30. The zero-order valence-electron chi connectivity index (χ0n) is 12.8. The molecule has 0 saturated heterocycles. The molecule has 0 aromatic heterocycles. The minimum atomic E-state index is -0.135. The van der Waals surface area contributed by atoms with Crippen LogP contribution in [-0.2, 0) is 16.0 Å². The fourth-order valence-corrected chi connectivity index (χ4v) is 5.27. The van der Waals surface area contributed by atoms with Gasteiger partial charge in [-0.2, -0.15) is 0 Å². The summed E-state index contributed by atoms with van der Waals surface area (Å²) in [6, 6.07) is 6.18. The van der Waals surface area contributed by atoms with Gasteiger partial charge in [-0.25, -0.2) is 4.79 Å². The van der Waals surface area contributed by atoms with E-state index in [0.29, 0.717) is 11.9 Å². The van der Waals surface area contributed by atoms with Gasteiger partial charge in [0.25, 0.3) is 0 Å². The van der Waals surface area contributed by atoms with Crippen molar-refractivity contribution in [3.8, 4) is 0 Å². The summed E-state index contributed by atoms with van der Waals surface area (Å²) in [6.07, 6.45) is 7.41. The van der Waals surface area contributed by atoms with Crippen LogP contribution in [0.5, 0.6) is 0 Å². The van der Waals surface area contributed by atoms with Crippen LogP contribution in [0.4, 0.5) is 0 Å². The number of esters is 1. The third-order valence-corrected chi connectivity index (χ3v) is 6.37. The smallest absolute Gasteiger partial charge is 0.334 e. The summed E-state index contributed by atoms with van der Waals surface area (Å²) in [7, 11) is 0. The molecule has 2 aliphatic carbocycles. The van der Waals surface area contributed by atoms with E-state index < -0.39 is 0 Å². The number of rotatable bonds is 4. The Morgan fingerprint density at radius 3 is 3.05 bits per heavy atom. The molecule has 0 spiro atoms. The summed E-state index contributed by atoms with van der Waals surface area (Å²) in [5.74, 6) is -0.135. The van der Waals surface area contributed by atoms with Crippen molar-refractivity contribution in [2.45, 2.75) is 49.5 Å². The molecule has 0 bridgehead atoms. The molecule has 2 nitrogen and oxygen atoms in total. The Balaban J connectivity index is 1.76. The number of halogens is 1. The Kier molecular flexibility index (Phi) is 5.14. The topological polar surface area (TPSA) is 26.3 Å². The van der Waals surface area contributed by atoms with E-state index in [1.165, 1.54) is 11.1 Å². The molecule has 3 rings (SSSR count). The first-order valence-corrected chi connectivity index (χ1v) is 9.32. The summed E-state index contributed by atoms with van der Waals surface area (Å²) < 4.78 is 5.22. The van der Waals surface area contributed by atoms with Gasteiger partial charge < -0.3 is 4.74 Å². The van der Waals surface area contributed by atoms with Crippen LogP contribution in [-0.4, -0.2) is 17.8 Å². The second-order valence-corrected chi connectivity index (χ2v) is 7.59. The number of ether oxygens (including phenoxy) is 1. The average molecular weight is 337 g/mol. The monoisotopic (exact) mass is 336 g/mol. The highest BCUT2D eigenvalue weighted by Gasteiger charge is 2.31. The van der Waals surface area contributed by atoms with Crippen LogP contribution in [0.1, 0.15) is 49.0 Å². The third kappa shape index (κ3) is 3.21. The van der Waals surface area contributed by atoms with Gasteiger partial charge in [-0.1, -0.05) is 29.8 Å². The molecule has 1 aromatic rings. The van der Waals surface area contributed by atoms with Crippen molar-refractivity contribution in [1.82, 2.24) is 0 Å². The first-order valence-electron chi connectivity index (χ1n) is 8.00.